The van der Waals surface area contributed by atoms with Gasteiger partial charge in [-0.15, -0.1) is 0 Å². The summed E-state index contributed by atoms with van der Waals surface area (Å²) in [5.74, 6) is 1.38. The van der Waals surface area contributed by atoms with Gasteiger partial charge in [0.05, 0.1) is 6.10 Å². The molecule has 2 N–H and O–H groups in total. The Morgan fingerprint density at radius 3 is 2.79 bits per heavy atom. The molecular weight excluding hydrogens is 394 g/mol. The molecule has 0 aliphatic carbocycles. The summed E-state index contributed by atoms with van der Waals surface area (Å²) in [7, 11) is 0. The van der Waals surface area contributed by atoms with Crippen LogP contribution in [0.2, 0.25) is 0 Å². The highest BCUT2D eigenvalue weighted by Gasteiger charge is 2.18. The summed E-state index contributed by atoms with van der Waals surface area (Å²) in [6.45, 7) is 3.53. The Hall–Kier alpha value is -2.04. The van der Waals surface area contributed by atoms with Crippen LogP contribution < -0.4 is 15.5 Å². The molecule has 10 heteroatoms. The molecule has 148 valence electrons. The number of ether oxygens (including phenoxy) is 1. The Kier molecular flexibility index (Phi) is 6.50. The number of thiocarbonyl (C=S) groups is 1. The standard InChI is InChI=1S/C18H23N7OS2/c27-17(21-12-13-5-3-10-26-13)24-16-22-14(25-8-1-2-9-25)11-15(23-16)28-18-19-6-4-7-20-18/h4,6-7,11,13H,1-3,5,8-10,12H2,(H2,21,22,23,24,27). The molecule has 2 aliphatic heterocycles. The minimum atomic E-state index is 0.220. The van der Waals surface area contributed by atoms with E-state index in [9.17, 15) is 0 Å². The van der Waals surface area contributed by atoms with Gasteiger partial charge in [-0.3, -0.25) is 0 Å². The normalized spacial score (nSPS) is 19.0. The van der Waals surface area contributed by atoms with Crippen LogP contribution in [0.15, 0.2) is 34.7 Å². The Labute approximate surface area is 173 Å². The van der Waals surface area contributed by atoms with Crippen molar-refractivity contribution in [1.82, 2.24) is 25.3 Å². The van der Waals surface area contributed by atoms with Crippen LogP contribution in [0.25, 0.3) is 0 Å². The zero-order chi connectivity index (χ0) is 19.2. The number of nitrogens with zero attached hydrogens (tertiary/aromatic N) is 5. The van der Waals surface area contributed by atoms with Gasteiger partial charge in [0, 0.05) is 44.7 Å². The fourth-order valence-electron chi connectivity index (χ4n) is 3.22. The van der Waals surface area contributed by atoms with Gasteiger partial charge in [0.1, 0.15) is 10.8 Å². The van der Waals surface area contributed by atoms with Gasteiger partial charge >= 0.3 is 0 Å². The highest BCUT2D eigenvalue weighted by atomic mass is 32.2. The van der Waals surface area contributed by atoms with E-state index in [1.165, 1.54) is 24.6 Å². The van der Waals surface area contributed by atoms with Gasteiger partial charge in [0.2, 0.25) is 5.95 Å². The van der Waals surface area contributed by atoms with Crippen molar-refractivity contribution >= 4 is 40.9 Å². The Morgan fingerprint density at radius 1 is 1.21 bits per heavy atom. The van der Waals surface area contributed by atoms with Crippen molar-refractivity contribution in [3.8, 4) is 0 Å². The quantitative estimate of drug-likeness (QED) is 0.415. The third-order valence-electron chi connectivity index (χ3n) is 4.60. The molecule has 0 aromatic carbocycles. The second-order valence-corrected chi connectivity index (χ2v) is 8.08. The average molecular weight is 418 g/mol. The third kappa shape index (κ3) is 5.27. The first-order chi connectivity index (χ1) is 13.8. The van der Waals surface area contributed by atoms with Crippen molar-refractivity contribution in [1.29, 1.82) is 0 Å². The molecule has 0 saturated carbocycles. The van der Waals surface area contributed by atoms with Gasteiger partial charge in [-0.1, -0.05) is 0 Å². The largest absolute Gasteiger partial charge is 0.376 e. The molecular formula is C18H23N7OS2. The lowest BCUT2D eigenvalue weighted by atomic mass is 10.2. The van der Waals surface area contributed by atoms with Crippen LogP contribution in [0, 0.1) is 0 Å². The Balaban J connectivity index is 1.47. The van der Waals surface area contributed by atoms with E-state index < -0.39 is 0 Å². The van der Waals surface area contributed by atoms with Crippen LogP contribution in [0.4, 0.5) is 11.8 Å². The highest BCUT2D eigenvalue weighted by Crippen LogP contribution is 2.28. The number of nitrogens with one attached hydrogen (secondary N) is 2. The van der Waals surface area contributed by atoms with E-state index in [1.807, 2.05) is 6.07 Å². The smallest absolute Gasteiger partial charge is 0.232 e. The van der Waals surface area contributed by atoms with Crippen LogP contribution >= 0.6 is 24.0 Å². The van der Waals surface area contributed by atoms with Gasteiger partial charge < -0.3 is 20.3 Å². The van der Waals surface area contributed by atoms with Crippen LogP contribution in [-0.4, -0.2) is 57.4 Å². The fourth-order valence-corrected chi connectivity index (χ4v) is 4.10. The van der Waals surface area contributed by atoms with Gasteiger partial charge in [0.25, 0.3) is 0 Å². The molecule has 2 aromatic heterocycles. The summed E-state index contributed by atoms with van der Waals surface area (Å²) in [4.78, 5) is 20.1. The maximum absolute atomic E-state index is 5.62. The molecule has 0 spiro atoms. The van der Waals surface area contributed by atoms with E-state index in [1.54, 1.807) is 18.5 Å². The van der Waals surface area contributed by atoms with E-state index >= 15 is 0 Å². The summed E-state index contributed by atoms with van der Waals surface area (Å²) in [5.41, 5.74) is 0. The number of aromatic nitrogens is 4. The van der Waals surface area contributed by atoms with E-state index in [0.29, 0.717) is 22.8 Å². The second kappa shape index (κ2) is 9.44. The monoisotopic (exact) mass is 417 g/mol. The lowest BCUT2D eigenvalue weighted by Crippen LogP contribution is -2.35. The fraction of sp³-hybridized carbons (Fsp3) is 0.500. The second-order valence-electron chi connectivity index (χ2n) is 6.69. The number of hydrogen-bond acceptors (Lipinski definition) is 8. The summed E-state index contributed by atoms with van der Waals surface area (Å²) in [5, 5.41) is 8.26. The van der Waals surface area contributed by atoms with Crippen molar-refractivity contribution < 1.29 is 4.74 Å². The Bertz CT molecular complexity index is 796. The molecule has 0 radical (unpaired) electrons. The highest BCUT2D eigenvalue weighted by molar-refractivity contribution is 7.99. The molecule has 2 aromatic rings. The zero-order valence-electron chi connectivity index (χ0n) is 15.5. The molecule has 4 heterocycles. The van der Waals surface area contributed by atoms with E-state index in [2.05, 4.69) is 35.5 Å². The van der Waals surface area contributed by atoms with E-state index in [0.717, 1.165) is 43.4 Å². The van der Waals surface area contributed by atoms with Crippen molar-refractivity contribution in [2.75, 3.05) is 36.5 Å². The first-order valence-corrected chi connectivity index (χ1v) is 10.7. The molecule has 28 heavy (non-hydrogen) atoms. The number of rotatable bonds is 6. The first-order valence-electron chi connectivity index (χ1n) is 9.51. The molecule has 4 rings (SSSR count). The average Bonchev–Trinajstić information content (AvgIpc) is 3.41. The first kappa shape index (κ1) is 19.3. The summed E-state index contributed by atoms with van der Waals surface area (Å²) < 4.78 is 5.62. The van der Waals surface area contributed by atoms with Gasteiger partial charge in [-0.2, -0.15) is 4.98 Å². The lowest BCUT2D eigenvalue weighted by molar-refractivity contribution is 0.114. The SMILES string of the molecule is S=C(NCC1CCCO1)Nc1nc(Sc2ncccn2)cc(N2CCCC2)n1. The van der Waals surface area contributed by atoms with Crippen LogP contribution in [-0.2, 0) is 4.74 Å². The van der Waals surface area contributed by atoms with E-state index in [-0.39, 0.29) is 6.10 Å². The van der Waals surface area contributed by atoms with Gasteiger partial charge in [-0.05, 0) is 55.7 Å². The van der Waals surface area contributed by atoms with Crippen molar-refractivity contribution in [2.24, 2.45) is 0 Å². The van der Waals surface area contributed by atoms with Gasteiger partial charge in [-0.25, -0.2) is 15.0 Å². The summed E-state index contributed by atoms with van der Waals surface area (Å²) in [6.07, 6.45) is 8.20. The van der Waals surface area contributed by atoms with Crippen LogP contribution in [0.3, 0.4) is 0 Å². The predicted molar refractivity (Wildman–Crippen MR) is 113 cm³/mol. The molecule has 0 bridgehead atoms. The third-order valence-corrected chi connectivity index (χ3v) is 5.65. The summed E-state index contributed by atoms with van der Waals surface area (Å²) >= 11 is 6.83. The van der Waals surface area contributed by atoms with Crippen LogP contribution in [0.5, 0.6) is 0 Å². The maximum atomic E-state index is 5.62. The van der Waals surface area contributed by atoms with Gasteiger partial charge in [0.15, 0.2) is 10.3 Å². The minimum absolute atomic E-state index is 0.220. The predicted octanol–water partition coefficient (Wildman–Crippen LogP) is 2.48. The minimum Gasteiger partial charge on any atom is -0.376 e. The number of anilines is 2. The van der Waals surface area contributed by atoms with Crippen molar-refractivity contribution in [3.05, 3.63) is 24.5 Å². The molecule has 8 nitrogen and oxygen atoms in total. The molecule has 2 aliphatic rings. The molecule has 0 amide bonds. The molecule has 1 atom stereocenters. The Morgan fingerprint density at radius 2 is 2.04 bits per heavy atom. The van der Waals surface area contributed by atoms with E-state index in [4.69, 9.17) is 17.0 Å². The van der Waals surface area contributed by atoms with Crippen LogP contribution in [0.1, 0.15) is 25.7 Å². The zero-order valence-corrected chi connectivity index (χ0v) is 17.1. The topological polar surface area (TPSA) is 88.1 Å². The van der Waals surface area contributed by atoms with Crippen molar-refractivity contribution in [3.63, 3.8) is 0 Å². The maximum Gasteiger partial charge on any atom is 0.232 e. The molecule has 2 fully saturated rings. The molecule has 2 saturated heterocycles. The molecule has 1 unspecified atom stereocenters. The van der Waals surface area contributed by atoms with Crippen molar-refractivity contribution in [2.45, 2.75) is 42.0 Å². The lowest BCUT2D eigenvalue weighted by Gasteiger charge is -2.18. The summed E-state index contributed by atoms with van der Waals surface area (Å²) in [6, 6.07) is 3.78. The number of hydrogen-bond donors (Lipinski definition) is 2.